The number of rotatable bonds is 7. The summed E-state index contributed by atoms with van der Waals surface area (Å²) in [4.78, 5) is 0. The van der Waals surface area contributed by atoms with Crippen LogP contribution in [0.2, 0.25) is 0 Å². The average Bonchev–Trinajstić information content (AvgIpc) is 2.58. The molecule has 0 fully saturated rings. The molecule has 2 aliphatic rings. The van der Waals surface area contributed by atoms with E-state index in [1.807, 2.05) is 20.8 Å². The molecule has 0 aromatic rings. The van der Waals surface area contributed by atoms with Crippen LogP contribution in [0.1, 0.15) is 47.5 Å². The molecular weight excluding hydrogens is 372 g/mol. The second-order valence-corrected chi connectivity index (χ2v) is 10.0. The van der Waals surface area contributed by atoms with E-state index >= 15 is 0 Å². The van der Waals surface area contributed by atoms with Gasteiger partial charge in [0.1, 0.15) is 0 Å². The Morgan fingerprint density at radius 1 is 0.963 bits per heavy atom. The molecule has 8 nitrogen and oxygen atoms in total. The Bertz CT molecular complexity index is 742. The van der Waals surface area contributed by atoms with Gasteiger partial charge in [0, 0.05) is 0 Å². The normalized spacial score (nSPS) is 24.0. The first-order valence-electron chi connectivity index (χ1n) is 9.08. The molecule has 0 saturated carbocycles. The fraction of sp³-hybridized carbons (Fsp3) is 0.556. The zero-order valence-corrected chi connectivity index (χ0v) is 17.5. The summed E-state index contributed by atoms with van der Waals surface area (Å²) in [5.74, 6) is 0.695. The van der Waals surface area contributed by atoms with Crippen molar-refractivity contribution in [2.45, 2.75) is 47.5 Å². The summed E-state index contributed by atoms with van der Waals surface area (Å²) < 4.78 is 47.3. The van der Waals surface area contributed by atoms with Gasteiger partial charge in [0.05, 0.1) is 0 Å². The average molecular weight is 401 g/mol. The SMILES string of the molecule is C#COC1=[O+][Si-2]2(OCCC)(OCCC)(OC(C)=C1)OC(C)=CC(OCC)=[O+]2. The van der Waals surface area contributed by atoms with Crippen molar-refractivity contribution >= 4 is 20.0 Å². The molecular formula is C18H28O8Si. The quantitative estimate of drug-likeness (QED) is 0.283. The molecule has 9 heteroatoms. The number of ether oxygens (including phenoxy) is 2. The van der Waals surface area contributed by atoms with Crippen LogP contribution >= 0.6 is 0 Å². The van der Waals surface area contributed by atoms with Crippen molar-refractivity contribution in [2.24, 2.45) is 0 Å². The molecule has 1 spiro atoms. The third-order valence-electron chi connectivity index (χ3n) is 3.65. The molecule has 0 aromatic heterocycles. The van der Waals surface area contributed by atoms with Gasteiger partial charge in [-0.1, -0.05) is 0 Å². The Morgan fingerprint density at radius 2 is 1.48 bits per heavy atom. The van der Waals surface area contributed by atoms with Gasteiger partial charge in [-0.05, 0) is 0 Å². The summed E-state index contributed by atoms with van der Waals surface area (Å²) in [6, 6.07) is 0. The van der Waals surface area contributed by atoms with Crippen molar-refractivity contribution in [2.75, 3.05) is 19.8 Å². The Labute approximate surface area is 159 Å². The van der Waals surface area contributed by atoms with E-state index in [1.165, 1.54) is 6.08 Å². The topological polar surface area (TPSA) is 78.0 Å². The van der Waals surface area contributed by atoms with Crippen molar-refractivity contribution < 1.29 is 35.4 Å². The number of hydrogen-bond acceptors (Lipinski definition) is 6. The number of allylic oxidation sites excluding steroid dienone is 2. The molecule has 0 aliphatic carbocycles. The van der Waals surface area contributed by atoms with E-state index in [-0.39, 0.29) is 25.2 Å². The molecule has 2 aliphatic heterocycles. The standard InChI is InChI=1S/C18H28O8Si/c1-7-11-21-27(22-12-8-2,23-15(5)13-17(25-27)19-9-3)24-16(6)14-18(26-27)20-10-4/h3,13-14H,7-8,10-12H2,1-2,4-6H3. The van der Waals surface area contributed by atoms with E-state index in [4.69, 9.17) is 41.8 Å². The van der Waals surface area contributed by atoms with Gasteiger partial charge in [-0.2, -0.15) is 0 Å². The Hall–Kier alpha value is -2.28. The van der Waals surface area contributed by atoms with Gasteiger partial charge < -0.3 is 0 Å². The zero-order chi connectivity index (χ0) is 20.0. The molecule has 0 atom stereocenters. The zero-order valence-electron chi connectivity index (χ0n) is 16.5. The summed E-state index contributed by atoms with van der Waals surface area (Å²) in [6.45, 7) is 9.67. The molecule has 2 rings (SSSR count). The van der Waals surface area contributed by atoms with Gasteiger partial charge in [0.25, 0.3) is 0 Å². The van der Waals surface area contributed by atoms with Crippen molar-refractivity contribution in [1.82, 2.24) is 0 Å². The van der Waals surface area contributed by atoms with Crippen LogP contribution in [0.4, 0.5) is 0 Å². The van der Waals surface area contributed by atoms with Crippen LogP contribution in [0.25, 0.3) is 0 Å². The maximum absolute atomic E-state index is 6.14. The van der Waals surface area contributed by atoms with Crippen molar-refractivity contribution in [3.05, 3.63) is 23.7 Å². The molecule has 0 saturated heterocycles. The van der Waals surface area contributed by atoms with Crippen LogP contribution in [0.5, 0.6) is 0 Å². The van der Waals surface area contributed by atoms with Crippen molar-refractivity contribution in [3.8, 4) is 12.5 Å². The number of esters is 2. The van der Waals surface area contributed by atoms with Crippen LogP contribution in [-0.4, -0.2) is 39.8 Å². The number of hydrogen-bond donors (Lipinski definition) is 0. The predicted octanol–water partition coefficient (Wildman–Crippen LogP) is 2.81. The molecule has 0 N–H and O–H groups in total. The second kappa shape index (κ2) is 7.38. The summed E-state index contributed by atoms with van der Waals surface area (Å²) in [5, 5.41) is 0. The molecule has 27 heavy (non-hydrogen) atoms. The third-order valence-corrected chi connectivity index (χ3v) is 7.95. The molecule has 0 radical (unpaired) electrons. The maximum atomic E-state index is 6.12. The van der Waals surface area contributed by atoms with Crippen LogP contribution < -0.4 is 0 Å². The van der Waals surface area contributed by atoms with Gasteiger partial charge in [-0.25, -0.2) is 0 Å². The van der Waals surface area contributed by atoms with Crippen molar-refractivity contribution in [3.63, 3.8) is 0 Å². The Balaban J connectivity index is 2.84. The summed E-state index contributed by atoms with van der Waals surface area (Å²) in [6.07, 6.45) is 11.6. The Morgan fingerprint density at radius 3 is 1.96 bits per heavy atom. The Kier molecular flexibility index (Phi) is 5.75. The van der Waals surface area contributed by atoms with E-state index in [0.29, 0.717) is 31.0 Å². The first kappa shape index (κ1) is 21.0. The minimum absolute atomic E-state index is 0.0904. The fourth-order valence-corrected chi connectivity index (χ4v) is 7.38. The first-order chi connectivity index (χ1) is 12.8. The van der Waals surface area contributed by atoms with E-state index in [0.717, 1.165) is 0 Å². The van der Waals surface area contributed by atoms with E-state index in [2.05, 4.69) is 6.11 Å². The van der Waals surface area contributed by atoms with Gasteiger partial charge in [-0.15, -0.1) is 0 Å². The molecule has 2 heterocycles. The summed E-state index contributed by atoms with van der Waals surface area (Å²) >= 11 is 0. The van der Waals surface area contributed by atoms with Gasteiger partial charge in [0.15, 0.2) is 0 Å². The minimum atomic E-state index is -6.14. The molecule has 0 aromatic carbocycles. The summed E-state index contributed by atoms with van der Waals surface area (Å²) in [5.41, 5.74) is 0. The summed E-state index contributed by atoms with van der Waals surface area (Å²) in [7, 11) is -6.14. The number of carbonyl (C=O) groups excluding carboxylic acids is 2. The second-order valence-electron chi connectivity index (χ2n) is 6.16. The van der Waals surface area contributed by atoms with E-state index in [9.17, 15) is 0 Å². The van der Waals surface area contributed by atoms with Crippen LogP contribution in [0.3, 0.4) is 0 Å². The van der Waals surface area contributed by atoms with Gasteiger partial charge in [0.2, 0.25) is 0 Å². The third kappa shape index (κ3) is 3.88. The molecule has 0 bridgehead atoms. The van der Waals surface area contributed by atoms with Crippen LogP contribution in [0.15, 0.2) is 23.7 Å². The molecule has 152 valence electrons. The van der Waals surface area contributed by atoms with Gasteiger partial charge in [-0.3, -0.25) is 0 Å². The van der Waals surface area contributed by atoms with Crippen LogP contribution in [0, 0.1) is 12.5 Å². The van der Waals surface area contributed by atoms with Crippen molar-refractivity contribution in [1.29, 1.82) is 0 Å². The fourth-order valence-electron chi connectivity index (χ4n) is 2.86. The van der Waals surface area contributed by atoms with E-state index in [1.54, 1.807) is 19.9 Å². The van der Waals surface area contributed by atoms with Gasteiger partial charge >= 0.3 is 159 Å². The first-order valence-corrected chi connectivity index (χ1v) is 11.5. The van der Waals surface area contributed by atoms with Crippen LogP contribution in [-0.2, 0) is 35.4 Å². The predicted molar refractivity (Wildman–Crippen MR) is 99.5 cm³/mol. The molecule has 0 amide bonds. The number of terminal acetylenes is 1. The molecule has 0 unspecified atom stereocenters. The van der Waals surface area contributed by atoms with E-state index < -0.39 is 8.09 Å². The monoisotopic (exact) mass is 400 g/mol.